The van der Waals surface area contributed by atoms with Gasteiger partial charge >= 0.3 is 5.97 Å². The summed E-state index contributed by atoms with van der Waals surface area (Å²) in [5, 5.41) is 11.1. The lowest BCUT2D eigenvalue weighted by Crippen LogP contribution is -2.29. The molecule has 0 saturated carbocycles. The number of allylic oxidation sites excluding steroid dienone is 1. The van der Waals surface area contributed by atoms with Crippen molar-refractivity contribution in [2.75, 3.05) is 13.1 Å². The first-order valence-electron chi connectivity index (χ1n) is 12.1. The molecule has 5 N–H and O–H groups in total. The number of carbonyl (C=O) groups is 1. The summed E-state index contributed by atoms with van der Waals surface area (Å²) in [4.78, 5) is 16.9. The predicted octanol–water partition coefficient (Wildman–Crippen LogP) is 4.40. The third kappa shape index (κ3) is 7.88. The van der Waals surface area contributed by atoms with E-state index in [-0.39, 0.29) is 18.4 Å². The van der Waals surface area contributed by atoms with Crippen LogP contribution in [0, 0.1) is 6.92 Å². The highest BCUT2D eigenvalue weighted by Crippen LogP contribution is 2.37. The van der Waals surface area contributed by atoms with Crippen molar-refractivity contribution in [1.82, 2.24) is 14.3 Å². The molecule has 2 heterocycles. The topological polar surface area (TPSA) is 118 Å². The molecule has 1 aliphatic heterocycles. The Labute approximate surface area is 212 Å². The van der Waals surface area contributed by atoms with Gasteiger partial charge in [0.15, 0.2) is 0 Å². The number of hydrazine groups is 1. The predicted molar refractivity (Wildman–Crippen MR) is 139 cm³/mol. The van der Waals surface area contributed by atoms with Crippen LogP contribution in [-0.4, -0.2) is 44.6 Å². The number of carboxylic acid groups (broad SMARTS) is 1. The van der Waals surface area contributed by atoms with Gasteiger partial charge in [0.05, 0.1) is 11.3 Å². The van der Waals surface area contributed by atoms with Crippen LogP contribution in [0.15, 0.2) is 53.5 Å². The van der Waals surface area contributed by atoms with E-state index < -0.39 is 5.97 Å². The number of fused-ring (bicyclic) bond motifs is 1. The van der Waals surface area contributed by atoms with E-state index in [0.29, 0.717) is 25.1 Å². The molecular formula is C26H37N5O3S. The van der Waals surface area contributed by atoms with E-state index in [1.54, 1.807) is 24.3 Å². The van der Waals surface area contributed by atoms with Crippen molar-refractivity contribution in [3.05, 3.63) is 65.2 Å². The molecule has 9 heteroatoms. The van der Waals surface area contributed by atoms with Gasteiger partial charge in [0.1, 0.15) is 11.9 Å². The van der Waals surface area contributed by atoms with Crippen LogP contribution in [0.2, 0.25) is 0 Å². The fraction of sp³-hybridized carbons (Fsp3) is 0.462. The zero-order valence-corrected chi connectivity index (χ0v) is 21.6. The molecule has 0 aliphatic carbocycles. The van der Waals surface area contributed by atoms with Gasteiger partial charge in [-0.2, -0.15) is 0 Å². The number of aryl methyl sites for hydroxylation is 1. The van der Waals surface area contributed by atoms with Crippen LogP contribution >= 0.6 is 11.9 Å². The first-order valence-corrected chi connectivity index (χ1v) is 12.9. The summed E-state index contributed by atoms with van der Waals surface area (Å²) in [6, 6.07) is 8.20. The standard InChI is InChI=1S/C26H37N5O3S/c1-4-23-17-31(35-25-14-29-11-10-24(25)34-23)15-21-12-19(7-6-18(21)3)20(13-26(32)33)8-9-22(27)16-30(28)5-2/h6-7,10-12,14,16,20,23H,4-5,8-9,13,15,17,27-28H2,1-3H3,(H,32,33)/b22-16-/t20?,23-/m1/s1. The van der Waals surface area contributed by atoms with Gasteiger partial charge in [-0.15, -0.1) is 0 Å². The summed E-state index contributed by atoms with van der Waals surface area (Å²) in [7, 11) is 0. The van der Waals surface area contributed by atoms with E-state index in [1.807, 2.05) is 25.3 Å². The van der Waals surface area contributed by atoms with Crippen LogP contribution in [0.25, 0.3) is 0 Å². The minimum absolute atomic E-state index is 0.0547. The quantitative estimate of drug-likeness (QED) is 0.235. The van der Waals surface area contributed by atoms with Gasteiger partial charge in [0, 0.05) is 43.9 Å². The molecule has 0 radical (unpaired) electrons. The Hall–Kier alpha value is -2.75. The van der Waals surface area contributed by atoms with Gasteiger partial charge in [-0.1, -0.05) is 25.1 Å². The van der Waals surface area contributed by atoms with Crippen LogP contribution in [0.3, 0.4) is 0 Å². The van der Waals surface area contributed by atoms with E-state index >= 15 is 0 Å². The second kappa shape index (κ2) is 12.8. The Morgan fingerprint density at radius 2 is 2.20 bits per heavy atom. The van der Waals surface area contributed by atoms with Gasteiger partial charge in [0.25, 0.3) is 0 Å². The number of ether oxygens (including phenoxy) is 1. The number of benzene rings is 1. The van der Waals surface area contributed by atoms with Crippen molar-refractivity contribution >= 4 is 17.9 Å². The summed E-state index contributed by atoms with van der Waals surface area (Å²) >= 11 is 1.66. The maximum absolute atomic E-state index is 11.6. The van der Waals surface area contributed by atoms with Gasteiger partial charge in [0.2, 0.25) is 0 Å². The fourth-order valence-corrected chi connectivity index (χ4v) is 5.11. The van der Waals surface area contributed by atoms with E-state index in [4.69, 9.17) is 16.3 Å². The van der Waals surface area contributed by atoms with Crippen molar-refractivity contribution in [3.63, 3.8) is 0 Å². The normalized spacial score (nSPS) is 17.3. The minimum atomic E-state index is -0.816. The molecule has 1 unspecified atom stereocenters. The molecule has 0 bridgehead atoms. The Morgan fingerprint density at radius 3 is 2.91 bits per heavy atom. The summed E-state index contributed by atoms with van der Waals surface area (Å²) < 4.78 is 8.51. The molecule has 35 heavy (non-hydrogen) atoms. The van der Waals surface area contributed by atoms with Crippen molar-refractivity contribution in [2.24, 2.45) is 11.6 Å². The molecule has 1 aromatic heterocycles. The summed E-state index contributed by atoms with van der Waals surface area (Å²) in [5.41, 5.74) is 10.2. The van der Waals surface area contributed by atoms with E-state index in [9.17, 15) is 9.90 Å². The number of rotatable bonds is 11. The number of hydrogen-bond acceptors (Lipinski definition) is 8. The Kier molecular flexibility index (Phi) is 9.83. The number of nitrogens with two attached hydrogens (primary N) is 2. The van der Waals surface area contributed by atoms with Crippen LogP contribution in [0.1, 0.15) is 62.1 Å². The first kappa shape index (κ1) is 26.8. The highest BCUT2D eigenvalue weighted by Gasteiger charge is 2.24. The number of hydrogen-bond donors (Lipinski definition) is 3. The minimum Gasteiger partial charge on any atom is -0.488 e. The largest absolute Gasteiger partial charge is 0.488 e. The smallest absolute Gasteiger partial charge is 0.303 e. The molecular weight excluding hydrogens is 462 g/mol. The van der Waals surface area contributed by atoms with Gasteiger partial charge in [-0.05, 0) is 73.7 Å². The van der Waals surface area contributed by atoms with E-state index in [2.05, 4.69) is 35.3 Å². The SMILES string of the molecule is CC[C@@H]1CN(Cc2cc(C(CC/C(N)=C/N(N)CC)CC(=O)O)ccc2C)Sc2cnccc2O1. The van der Waals surface area contributed by atoms with Gasteiger partial charge in [-0.25, -0.2) is 10.1 Å². The van der Waals surface area contributed by atoms with E-state index in [0.717, 1.165) is 35.7 Å². The Bertz CT molecular complexity index is 1030. The lowest BCUT2D eigenvalue weighted by atomic mass is 9.88. The maximum Gasteiger partial charge on any atom is 0.303 e. The molecule has 3 rings (SSSR count). The van der Waals surface area contributed by atoms with Crippen molar-refractivity contribution in [3.8, 4) is 5.75 Å². The molecule has 0 spiro atoms. The van der Waals surface area contributed by atoms with Crippen LogP contribution in [0.4, 0.5) is 0 Å². The molecule has 190 valence electrons. The highest BCUT2D eigenvalue weighted by atomic mass is 32.2. The molecule has 0 fully saturated rings. The third-order valence-corrected chi connectivity index (χ3v) is 7.26. The monoisotopic (exact) mass is 499 g/mol. The van der Waals surface area contributed by atoms with Crippen molar-refractivity contribution < 1.29 is 14.6 Å². The number of carboxylic acids is 1. The molecule has 2 atom stereocenters. The molecule has 2 aromatic rings. The van der Waals surface area contributed by atoms with Gasteiger partial charge < -0.3 is 20.6 Å². The van der Waals surface area contributed by atoms with Crippen molar-refractivity contribution in [2.45, 2.75) is 69.9 Å². The molecule has 0 amide bonds. The first-order chi connectivity index (χ1) is 16.8. The number of aromatic nitrogens is 1. The number of nitrogens with zero attached hydrogens (tertiary/aromatic N) is 3. The summed E-state index contributed by atoms with van der Waals surface area (Å²) in [5.74, 6) is 5.74. The van der Waals surface area contributed by atoms with Crippen LogP contribution in [-0.2, 0) is 11.3 Å². The second-order valence-corrected chi connectivity index (χ2v) is 10.1. The zero-order chi connectivity index (χ0) is 25.4. The zero-order valence-electron chi connectivity index (χ0n) is 20.8. The van der Waals surface area contributed by atoms with E-state index in [1.165, 1.54) is 16.1 Å². The third-order valence-electron chi connectivity index (χ3n) is 6.22. The Balaban J connectivity index is 1.80. The van der Waals surface area contributed by atoms with Crippen molar-refractivity contribution in [1.29, 1.82) is 0 Å². The lowest BCUT2D eigenvalue weighted by Gasteiger charge is -2.24. The summed E-state index contributed by atoms with van der Waals surface area (Å²) in [6.07, 6.45) is 7.59. The Morgan fingerprint density at radius 1 is 1.40 bits per heavy atom. The second-order valence-electron chi connectivity index (χ2n) is 8.94. The molecule has 8 nitrogen and oxygen atoms in total. The average Bonchev–Trinajstić information content (AvgIpc) is 3.01. The number of pyridine rings is 1. The fourth-order valence-electron chi connectivity index (χ4n) is 4.08. The van der Waals surface area contributed by atoms with Gasteiger partial charge in [-0.3, -0.25) is 9.78 Å². The highest BCUT2D eigenvalue weighted by molar-refractivity contribution is 7.97. The number of aliphatic carboxylic acids is 1. The lowest BCUT2D eigenvalue weighted by molar-refractivity contribution is -0.137. The molecule has 1 aromatic carbocycles. The van der Waals surface area contributed by atoms with Crippen LogP contribution < -0.4 is 16.3 Å². The maximum atomic E-state index is 11.6. The van der Waals surface area contributed by atoms with Crippen LogP contribution in [0.5, 0.6) is 5.75 Å². The average molecular weight is 500 g/mol. The molecule has 0 saturated heterocycles. The summed E-state index contributed by atoms with van der Waals surface area (Å²) in [6.45, 7) is 8.33. The molecule has 1 aliphatic rings.